The Labute approximate surface area is 78.9 Å². The molecule has 2 atom stereocenters. The number of imide groups is 1. The Morgan fingerprint density at radius 1 is 1.38 bits per heavy atom. The van der Waals surface area contributed by atoms with Gasteiger partial charge in [-0.25, -0.2) is 0 Å². The standard InChI is InChI=1S/C10H17NO2/c1-6(2)4-7(3)8-5-9(12)11-10(8)13/h6-8H,4-5H2,1-3H3,(H,11,12,13). The molecule has 1 aliphatic rings. The molecule has 2 unspecified atom stereocenters. The van der Waals surface area contributed by atoms with Crippen LogP contribution >= 0.6 is 0 Å². The van der Waals surface area contributed by atoms with Crippen molar-refractivity contribution in [2.45, 2.75) is 33.6 Å². The van der Waals surface area contributed by atoms with Crippen molar-refractivity contribution in [2.24, 2.45) is 17.8 Å². The Balaban J connectivity index is 2.52. The largest absolute Gasteiger partial charge is 0.296 e. The molecule has 1 rings (SSSR count). The smallest absolute Gasteiger partial charge is 0.230 e. The summed E-state index contributed by atoms with van der Waals surface area (Å²) in [6, 6.07) is 0. The number of carbonyl (C=O) groups excluding carboxylic acids is 2. The van der Waals surface area contributed by atoms with Gasteiger partial charge >= 0.3 is 0 Å². The SMILES string of the molecule is CC(C)CC(C)C1CC(=O)NC1=O. The second-order valence-electron chi connectivity index (χ2n) is 4.33. The fourth-order valence-electron chi connectivity index (χ4n) is 1.94. The summed E-state index contributed by atoms with van der Waals surface area (Å²) in [7, 11) is 0. The third-order valence-electron chi connectivity index (χ3n) is 2.53. The fraction of sp³-hybridized carbons (Fsp3) is 0.800. The highest BCUT2D eigenvalue weighted by Crippen LogP contribution is 2.25. The minimum absolute atomic E-state index is 0.0850. The van der Waals surface area contributed by atoms with E-state index in [0.717, 1.165) is 6.42 Å². The van der Waals surface area contributed by atoms with Crippen molar-refractivity contribution >= 4 is 11.8 Å². The van der Waals surface area contributed by atoms with Crippen LogP contribution < -0.4 is 5.32 Å². The van der Waals surface area contributed by atoms with Gasteiger partial charge in [0.25, 0.3) is 0 Å². The van der Waals surface area contributed by atoms with Gasteiger partial charge in [0.05, 0.1) is 0 Å². The number of rotatable bonds is 3. The Morgan fingerprint density at radius 2 is 2.00 bits per heavy atom. The minimum atomic E-state index is -0.120. The van der Waals surface area contributed by atoms with Crippen LogP contribution in [0.1, 0.15) is 33.6 Å². The van der Waals surface area contributed by atoms with Crippen molar-refractivity contribution in [1.82, 2.24) is 5.32 Å². The molecule has 0 aromatic heterocycles. The predicted molar refractivity (Wildman–Crippen MR) is 49.9 cm³/mol. The van der Waals surface area contributed by atoms with Gasteiger partial charge in [-0.15, -0.1) is 0 Å². The summed E-state index contributed by atoms with van der Waals surface area (Å²) in [5.41, 5.74) is 0. The van der Waals surface area contributed by atoms with Crippen LogP contribution in [0.3, 0.4) is 0 Å². The van der Waals surface area contributed by atoms with E-state index < -0.39 is 0 Å². The van der Waals surface area contributed by atoms with E-state index in [0.29, 0.717) is 18.3 Å². The molecule has 3 heteroatoms. The normalized spacial score (nSPS) is 25.1. The van der Waals surface area contributed by atoms with Gasteiger partial charge in [-0.1, -0.05) is 20.8 Å². The monoisotopic (exact) mass is 183 g/mol. The highest BCUT2D eigenvalue weighted by Gasteiger charge is 2.34. The molecule has 2 amide bonds. The quantitative estimate of drug-likeness (QED) is 0.671. The molecule has 74 valence electrons. The molecule has 0 aromatic carbocycles. The maximum atomic E-state index is 11.3. The summed E-state index contributed by atoms with van der Waals surface area (Å²) < 4.78 is 0. The van der Waals surface area contributed by atoms with Crippen molar-refractivity contribution in [3.8, 4) is 0 Å². The summed E-state index contributed by atoms with van der Waals surface area (Å²) in [6.07, 6.45) is 1.39. The summed E-state index contributed by atoms with van der Waals surface area (Å²) >= 11 is 0. The van der Waals surface area contributed by atoms with Crippen molar-refractivity contribution < 1.29 is 9.59 Å². The zero-order valence-electron chi connectivity index (χ0n) is 8.46. The van der Waals surface area contributed by atoms with Gasteiger partial charge < -0.3 is 0 Å². The molecule has 1 aliphatic heterocycles. The predicted octanol–water partition coefficient (Wildman–Crippen LogP) is 1.33. The first kappa shape index (κ1) is 10.2. The summed E-state index contributed by atoms with van der Waals surface area (Å²) in [5.74, 6) is 0.601. The van der Waals surface area contributed by atoms with Gasteiger partial charge in [-0.3, -0.25) is 14.9 Å². The third-order valence-corrected chi connectivity index (χ3v) is 2.53. The van der Waals surface area contributed by atoms with E-state index in [-0.39, 0.29) is 17.7 Å². The highest BCUT2D eigenvalue weighted by molar-refractivity contribution is 6.03. The lowest BCUT2D eigenvalue weighted by atomic mass is 9.86. The molecule has 1 fully saturated rings. The van der Waals surface area contributed by atoms with E-state index in [1.54, 1.807) is 0 Å². The Hall–Kier alpha value is -0.860. The molecular formula is C10H17NO2. The minimum Gasteiger partial charge on any atom is -0.296 e. The molecule has 0 spiro atoms. The number of carbonyl (C=O) groups is 2. The molecule has 0 saturated carbocycles. The second kappa shape index (κ2) is 3.90. The van der Waals surface area contributed by atoms with Crippen LogP contribution in [0.15, 0.2) is 0 Å². The molecular weight excluding hydrogens is 166 g/mol. The first-order valence-electron chi connectivity index (χ1n) is 4.84. The van der Waals surface area contributed by atoms with Crippen molar-refractivity contribution in [1.29, 1.82) is 0 Å². The molecule has 1 heterocycles. The molecule has 13 heavy (non-hydrogen) atoms. The van der Waals surface area contributed by atoms with Crippen LogP contribution in [0.2, 0.25) is 0 Å². The van der Waals surface area contributed by atoms with E-state index in [1.165, 1.54) is 0 Å². The number of amides is 2. The van der Waals surface area contributed by atoms with Gasteiger partial charge in [-0.2, -0.15) is 0 Å². The lowest BCUT2D eigenvalue weighted by Gasteiger charge is -2.17. The molecule has 0 bridgehead atoms. The Bertz CT molecular complexity index is 223. The lowest BCUT2D eigenvalue weighted by Crippen LogP contribution is -2.25. The average molecular weight is 183 g/mol. The lowest BCUT2D eigenvalue weighted by molar-refractivity contribution is -0.126. The van der Waals surface area contributed by atoms with Crippen LogP contribution in [-0.4, -0.2) is 11.8 Å². The number of nitrogens with one attached hydrogen (secondary N) is 1. The van der Waals surface area contributed by atoms with Crippen molar-refractivity contribution in [3.63, 3.8) is 0 Å². The van der Waals surface area contributed by atoms with E-state index in [4.69, 9.17) is 0 Å². The topological polar surface area (TPSA) is 46.2 Å². The van der Waals surface area contributed by atoms with Gasteiger partial charge in [0.2, 0.25) is 11.8 Å². The van der Waals surface area contributed by atoms with E-state index >= 15 is 0 Å². The van der Waals surface area contributed by atoms with E-state index in [1.807, 2.05) is 6.92 Å². The first-order chi connectivity index (χ1) is 6.00. The Kier molecular flexibility index (Phi) is 3.07. The van der Waals surface area contributed by atoms with Crippen molar-refractivity contribution in [2.75, 3.05) is 0 Å². The van der Waals surface area contributed by atoms with Gasteiger partial charge in [0.1, 0.15) is 0 Å². The number of hydrogen-bond donors (Lipinski definition) is 1. The maximum absolute atomic E-state index is 11.3. The van der Waals surface area contributed by atoms with E-state index in [2.05, 4.69) is 19.2 Å². The summed E-state index contributed by atoms with van der Waals surface area (Å²) in [6.45, 7) is 6.30. The van der Waals surface area contributed by atoms with Gasteiger partial charge in [0.15, 0.2) is 0 Å². The second-order valence-corrected chi connectivity index (χ2v) is 4.33. The molecule has 1 N–H and O–H groups in total. The van der Waals surface area contributed by atoms with Crippen LogP contribution in [0.25, 0.3) is 0 Å². The molecule has 0 aliphatic carbocycles. The molecule has 0 aromatic rings. The van der Waals surface area contributed by atoms with E-state index in [9.17, 15) is 9.59 Å². The van der Waals surface area contributed by atoms with Crippen LogP contribution in [0.5, 0.6) is 0 Å². The Morgan fingerprint density at radius 3 is 2.38 bits per heavy atom. The fourth-order valence-corrected chi connectivity index (χ4v) is 1.94. The van der Waals surface area contributed by atoms with Crippen LogP contribution in [0.4, 0.5) is 0 Å². The van der Waals surface area contributed by atoms with Crippen LogP contribution in [-0.2, 0) is 9.59 Å². The van der Waals surface area contributed by atoms with Gasteiger partial charge in [-0.05, 0) is 18.3 Å². The zero-order valence-corrected chi connectivity index (χ0v) is 8.46. The summed E-state index contributed by atoms with van der Waals surface area (Å²) in [5, 5.41) is 2.34. The van der Waals surface area contributed by atoms with Gasteiger partial charge in [0, 0.05) is 12.3 Å². The molecule has 0 radical (unpaired) electrons. The highest BCUT2D eigenvalue weighted by atomic mass is 16.2. The van der Waals surface area contributed by atoms with Crippen LogP contribution in [0, 0.1) is 17.8 Å². The van der Waals surface area contributed by atoms with Crippen molar-refractivity contribution in [3.05, 3.63) is 0 Å². The maximum Gasteiger partial charge on any atom is 0.230 e. The summed E-state index contributed by atoms with van der Waals surface area (Å²) in [4.78, 5) is 22.2. The molecule has 1 saturated heterocycles. The number of hydrogen-bond acceptors (Lipinski definition) is 2. The third kappa shape index (κ3) is 2.54. The zero-order chi connectivity index (χ0) is 10.0. The average Bonchev–Trinajstić information content (AvgIpc) is 2.28. The first-order valence-corrected chi connectivity index (χ1v) is 4.84. The molecule has 3 nitrogen and oxygen atoms in total.